The molecule has 0 aromatic rings. The first-order chi connectivity index (χ1) is 9.85. The molecule has 0 aromatic carbocycles. The Morgan fingerprint density at radius 2 is 1.68 bits per heavy atom. The SMILES string of the molecule is CCC(C)C(N)C(=O)N1CCN(CC(=O)NC(C)C)CC1.Cl. The van der Waals surface area contributed by atoms with Crippen LogP contribution in [-0.4, -0.2) is 66.4 Å². The van der Waals surface area contributed by atoms with Crippen molar-refractivity contribution >= 4 is 24.2 Å². The van der Waals surface area contributed by atoms with E-state index in [9.17, 15) is 9.59 Å². The third-order valence-corrected chi connectivity index (χ3v) is 4.04. The zero-order valence-corrected chi connectivity index (χ0v) is 15.0. The van der Waals surface area contributed by atoms with Gasteiger partial charge in [-0.3, -0.25) is 14.5 Å². The Morgan fingerprint density at radius 3 is 2.14 bits per heavy atom. The lowest BCUT2D eigenvalue weighted by atomic mass is 9.98. The van der Waals surface area contributed by atoms with E-state index < -0.39 is 6.04 Å². The number of carbonyl (C=O) groups is 2. The number of amides is 2. The molecule has 6 nitrogen and oxygen atoms in total. The molecule has 1 rings (SSSR count). The summed E-state index contributed by atoms with van der Waals surface area (Å²) in [6.45, 7) is 11.1. The van der Waals surface area contributed by atoms with Gasteiger partial charge in [-0.15, -0.1) is 12.4 Å². The molecule has 1 fully saturated rings. The van der Waals surface area contributed by atoms with E-state index in [0.717, 1.165) is 19.5 Å². The average Bonchev–Trinajstić information content (AvgIpc) is 2.44. The molecule has 130 valence electrons. The lowest BCUT2D eigenvalue weighted by molar-refractivity contribution is -0.135. The predicted molar refractivity (Wildman–Crippen MR) is 91.0 cm³/mol. The van der Waals surface area contributed by atoms with Gasteiger partial charge in [-0.2, -0.15) is 0 Å². The van der Waals surface area contributed by atoms with E-state index in [1.165, 1.54) is 0 Å². The van der Waals surface area contributed by atoms with Gasteiger partial charge in [0.05, 0.1) is 12.6 Å². The number of rotatable bonds is 6. The maximum absolute atomic E-state index is 12.3. The third kappa shape index (κ3) is 6.50. The number of carbonyl (C=O) groups excluding carboxylic acids is 2. The second-order valence-electron chi connectivity index (χ2n) is 6.23. The number of halogens is 1. The topological polar surface area (TPSA) is 78.7 Å². The van der Waals surface area contributed by atoms with Crippen LogP contribution in [0.1, 0.15) is 34.1 Å². The molecule has 1 aliphatic rings. The van der Waals surface area contributed by atoms with Crippen molar-refractivity contribution in [3.8, 4) is 0 Å². The van der Waals surface area contributed by atoms with E-state index in [1.54, 1.807) is 0 Å². The van der Waals surface area contributed by atoms with Gasteiger partial charge in [-0.1, -0.05) is 20.3 Å². The van der Waals surface area contributed by atoms with Gasteiger partial charge in [0.25, 0.3) is 0 Å². The van der Waals surface area contributed by atoms with Crippen molar-refractivity contribution in [1.82, 2.24) is 15.1 Å². The molecule has 0 aromatic heterocycles. The molecular formula is C15H31ClN4O2. The van der Waals surface area contributed by atoms with Crippen LogP contribution >= 0.6 is 12.4 Å². The molecule has 22 heavy (non-hydrogen) atoms. The van der Waals surface area contributed by atoms with Gasteiger partial charge in [-0.05, 0) is 19.8 Å². The van der Waals surface area contributed by atoms with Crippen molar-refractivity contribution in [3.63, 3.8) is 0 Å². The Labute approximate surface area is 140 Å². The molecule has 0 radical (unpaired) electrons. The van der Waals surface area contributed by atoms with Gasteiger partial charge in [0.2, 0.25) is 11.8 Å². The Hall–Kier alpha value is -0.850. The summed E-state index contributed by atoms with van der Waals surface area (Å²) in [6, 6.07) is -0.250. The first kappa shape index (κ1) is 21.1. The number of nitrogens with zero attached hydrogens (tertiary/aromatic N) is 2. The molecule has 3 N–H and O–H groups in total. The fourth-order valence-corrected chi connectivity index (χ4v) is 2.41. The summed E-state index contributed by atoms with van der Waals surface area (Å²) >= 11 is 0. The quantitative estimate of drug-likeness (QED) is 0.739. The molecule has 2 amide bonds. The van der Waals surface area contributed by atoms with E-state index in [4.69, 9.17) is 5.73 Å². The average molecular weight is 335 g/mol. The van der Waals surface area contributed by atoms with E-state index in [-0.39, 0.29) is 36.2 Å². The van der Waals surface area contributed by atoms with Gasteiger partial charge >= 0.3 is 0 Å². The predicted octanol–water partition coefficient (Wildman–Crippen LogP) is 0.450. The fraction of sp³-hybridized carbons (Fsp3) is 0.867. The lowest BCUT2D eigenvalue weighted by Crippen LogP contribution is -2.55. The van der Waals surface area contributed by atoms with E-state index in [2.05, 4.69) is 10.2 Å². The lowest BCUT2D eigenvalue weighted by Gasteiger charge is -2.36. The first-order valence-corrected chi connectivity index (χ1v) is 7.91. The van der Waals surface area contributed by atoms with E-state index in [1.807, 2.05) is 32.6 Å². The van der Waals surface area contributed by atoms with Crippen LogP contribution in [0.5, 0.6) is 0 Å². The normalized spacial score (nSPS) is 18.5. The van der Waals surface area contributed by atoms with Gasteiger partial charge in [0.1, 0.15) is 0 Å². The molecule has 7 heteroatoms. The van der Waals surface area contributed by atoms with Crippen LogP contribution in [-0.2, 0) is 9.59 Å². The second-order valence-corrected chi connectivity index (χ2v) is 6.23. The molecule has 2 atom stereocenters. The molecular weight excluding hydrogens is 304 g/mol. The van der Waals surface area contributed by atoms with Crippen molar-refractivity contribution in [2.45, 2.75) is 46.2 Å². The van der Waals surface area contributed by atoms with Crippen LogP contribution in [0.15, 0.2) is 0 Å². The number of hydrogen-bond donors (Lipinski definition) is 2. The van der Waals surface area contributed by atoms with E-state index in [0.29, 0.717) is 19.6 Å². The Kier molecular flexibility index (Phi) is 9.64. The van der Waals surface area contributed by atoms with Crippen LogP contribution in [0.25, 0.3) is 0 Å². The van der Waals surface area contributed by atoms with Crippen molar-refractivity contribution < 1.29 is 9.59 Å². The highest BCUT2D eigenvalue weighted by atomic mass is 35.5. The summed E-state index contributed by atoms with van der Waals surface area (Å²) in [4.78, 5) is 27.9. The second kappa shape index (κ2) is 10.0. The number of nitrogens with one attached hydrogen (secondary N) is 1. The van der Waals surface area contributed by atoms with Crippen molar-refractivity contribution in [1.29, 1.82) is 0 Å². The smallest absolute Gasteiger partial charge is 0.239 e. The number of hydrogen-bond acceptors (Lipinski definition) is 4. The Morgan fingerprint density at radius 1 is 1.14 bits per heavy atom. The molecule has 0 saturated carbocycles. The minimum atomic E-state index is -0.411. The third-order valence-electron chi connectivity index (χ3n) is 4.04. The molecule has 1 heterocycles. The molecule has 1 saturated heterocycles. The summed E-state index contributed by atoms with van der Waals surface area (Å²) in [6.07, 6.45) is 0.905. The van der Waals surface area contributed by atoms with Crippen LogP contribution in [0.4, 0.5) is 0 Å². The monoisotopic (exact) mass is 334 g/mol. The maximum atomic E-state index is 12.3. The zero-order valence-electron chi connectivity index (χ0n) is 14.2. The van der Waals surface area contributed by atoms with Gasteiger partial charge in [-0.25, -0.2) is 0 Å². The van der Waals surface area contributed by atoms with Crippen LogP contribution < -0.4 is 11.1 Å². The van der Waals surface area contributed by atoms with Crippen LogP contribution in [0.2, 0.25) is 0 Å². The highest BCUT2D eigenvalue weighted by Gasteiger charge is 2.28. The highest BCUT2D eigenvalue weighted by Crippen LogP contribution is 2.10. The molecule has 0 bridgehead atoms. The Balaban J connectivity index is 0.00000441. The molecule has 0 aliphatic carbocycles. The number of nitrogens with two attached hydrogens (primary N) is 1. The summed E-state index contributed by atoms with van der Waals surface area (Å²) in [7, 11) is 0. The molecule has 2 unspecified atom stereocenters. The summed E-state index contributed by atoms with van der Waals surface area (Å²) < 4.78 is 0. The van der Waals surface area contributed by atoms with Crippen molar-refractivity contribution in [3.05, 3.63) is 0 Å². The van der Waals surface area contributed by atoms with Crippen molar-refractivity contribution in [2.75, 3.05) is 32.7 Å². The fourth-order valence-electron chi connectivity index (χ4n) is 2.41. The first-order valence-electron chi connectivity index (χ1n) is 7.91. The molecule has 0 spiro atoms. The zero-order chi connectivity index (χ0) is 16.0. The van der Waals surface area contributed by atoms with Crippen LogP contribution in [0.3, 0.4) is 0 Å². The largest absolute Gasteiger partial charge is 0.353 e. The summed E-state index contributed by atoms with van der Waals surface area (Å²) in [5.74, 6) is 0.282. The number of piperazine rings is 1. The van der Waals surface area contributed by atoms with Gasteiger partial charge in [0, 0.05) is 32.2 Å². The standard InChI is InChI=1S/C15H30N4O2.ClH/c1-5-12(4)14(16)15(21)19-8-6-18(7-9-19)10-13(20)17-11(2)3;/h11-12,14H,5-10,16H2,1-4H3,(H,17,20);1H. The minimum absolute atomic E-state index is 0. The van der Waals surface area contributed by atoms with Gasteiger partial charge < -0.3 is 16.0 Å². The van der Waals surface area contributed by atoms with E-state index >= 15 is 0 Å². The maximum Gasteiger partial charge on any atom is 0.239 e. The Bertz CT molecular complexity index is 357. The van der Waals surface area contributed by atoms with Crippen LogP contribution in [0, 0.1) is 5.92 Å². The van der Waals surface area contributed by atoms with Crippen molar-refractivity contribution in [2.24, 2.45) is 11.7 Å². The molecule has 1 aliphatic heterocycles. The highest BCUT2D eigenvalue weighted by molar-refractivity contribution is 5.85. The summed E-state index contributed by atoms with van der Waals surface area (Å²) in [5, 5.41) is 2.88. The van der Waals surface area contributed by atoms with Gasteiger partial charge in [0.15, 0.2) is 0 Å². The minimum Gasteiger partial charge on any atom is -0.353 e. The summed E-state index contributed by atoms with van der Waals surface area (Å²) in [5.41, 5.74) is 6.00.